The Bertz CT molecular complexity index is 853. The van der Waals surface area contributed by atoms with E-state index in [1.54, 1.807) is 20.1 Å². The second-order valence-corrected chi connectivity index (χ2v) is 7.51. The molecule has 4 N–H and O–H groups in total. The number of hydrogen-bond donors (Lipinski definition) is 3. The summed E-state index contributed by atoms with van der Waals surface area (Å²) in [6, 6.07) is 9.43. The quantitative estimate of drug-likeness (QED) is 0.289. The number of amides is 1. The van der Waals surface area contributed by atoms with Gasteiger partial charge in [0.05, 0.1) is 31.4 Å². The predicted molar refractivity (Wildman–Crippen MR) is 127 cm³/mol. The second kappa shape index (κ2) is 11.1. The first-order valence-corrected chi connectivity index (χ1v) is 9.71. The summed E-state index contributed by atoms with van der Waals surface area (Å²) in [5.41, 5.74) is 5.52. The van der Waals surface area contributed by atoms with Gasteiger partial charge in [0.25, 0.3) is 0 Å². The van der Waals surface area contributed by atoms with Crippen LogP contribution in [-0.2, 0) is 11.2 Å². The lowest BCUT2D eigenvalue weighted by atomic mass is 9.93. The summed E-state index contributed by atoms with van der Waals surface area (Å²) >= 11 is 0. The highest BCUT2D eigenvalue weighted by atomic mass is 127. The van der Waals surface area contributed by atoms with Crippen molar-refractivity contribution in [3.05, 3.63) is 42.4 Å². The molecule has 8 nitrogen and oxygen atoms in total. The van der Waals surface area contributed by atoms with Crippen LogP contribution in [0.1, 0.15) is 26.0 Å². The molecule has 1 aliphatic heterocycles. The first kappa shape index (κ1) is 23.8. The van der Waals surface area contributed by atoms with Gasteiger partial charge in [0.1, 0.15) is 5.76 Å². The molecule has 0 spiro atoms. The van der Waals surface area contributed by atoms with E-state index in [-0.39, 0.29) is 30.5 Å². The maximum absolute atomic E-state index is 11.6. The van der Waals surface area contributed by atoms with E-state index in [1.165, 1.54) is 0 Å². The van der Waals surface area contributed by atoms with Crippen LogP contribution in [0.25, 0.3) is 0 Å². The molecule has 1 aromatic heterocycles. The van der Waals surface area contributed by atoms with E-state index in [2.05, 4.69) is 15.6 Å². The van der Waals surface area contributed by atoms with Crippen LogP contribution < -0.4 is 25.8 Å². The molecule has 0 fully saturated rings. The van der Waals surface area contributed by atoms with E-state index >= 15 is 0 Å². The number of furan rings is 1. The minimum Gasteiger partial charge on any atom is -0.490 e. The number of aliphatic imine (C=N–C) groups is 1. The van der Waals surface area contributed by atoms with Crippen LogP contribution in [-0.4, -0.2) is 38.2 Å². The van der Waals surface area contributed by atoms with Gasteiger partial charge in [0.15, 0.2) is 17.5 Å². The number of benzene rings is 1. The van der Waals surface area contributed by atoms with Crippen LogP contribution in [0.4, 0.5) is 5.69 Å². The molecule has 164 valence electrons. The van der Waals surface area contributed by atoms with Crippen molar-refractivity contribution in [1.29, 1.82) is 0 Å². The highest BCUT2D eigenvalue weighted by molar-refractivity contribution is 14.0. The molecule has 1 aromatic carbocycles. The molecule has 0 saturated heterocycles. The van der Waals surface area contributed by atoms with E-state index in [0.717, 1.165) is 23.6 Å². The Morgan fingerprint density at radius 3 is 2.67 bits per heavy atom. The van der Waals surface area contributed by atoms with Gasteiger partial charge in [-0.1, -0.05) is 0 Å². The van der Waals surface area contributed by atoms with Crippen molar-refractivity contribution in [2.75, 3.05) is 31.6 Å². The van der Waals surface area contributed by atoms with Gasteiger partial charge >= 0.3 is 0 Å². The lowest BCUT2D eigenvalue weighted by Gasteiger charge is -2.19. The molecule has 9 heteroatoms. The summed E-state index contributed by atoms with van der Waals surface area (Å²) in [7, 11) is 0. The molecule has 0 bridgehead atoms. The number of nitrogens with zero attached hydrogens (tertiary/aromatic N) is 1. The lowest BCUT2D eigenvalue weighted by Crippen LogP contribution is -2.37. The molecular formula is C21H29IN4O4. The van der Waals surface area contributed by atoms with Crippen LogP contribution in [0.2, 0.25) is 0 Å². The van der Waals surface area contributed by atoms with Crippen LogP contribution in [0, 0.1) is 5.41 Å². The molecule has 0 atom stereocenters. The number of carbonyl (C=O) groups is 1. The zero-order valence-electron chi connectivity index (χ0n) is 17.3. The number of nitrogens with one attached hydrogen (secondary N) is 2. The minimum atomic E-state index is -0.750. The van der Waals surface area contributed by atoms with Gasteiger partial charge in [0, 0.05) is 31.1 Å². The fourth-order valence-corrected chi connectivity index (χ4v) is 2.63. The number of nitrogens with two attached hydrogens (primary N) is 1. The Balaban J connectivity index is 0.00000320. The molecule has 0 unspecified atom stereocenters. The fraction of sp³-hybridized carbons (Fsp3) is 0.429. The fourth-order valence-electron chi connectivity index (χ4n) is 2.63. The Hall–Kier alpha value is -2.43. The molecule has 1 aliphatic rings. The van der Waals surface area contributed by atoms with Crippen molar-refractivity contribution < 1.29 is 18.7 Å². The topological polar surface area (TPSA) is 111 Å². The van der Waals surface area contributed by atoms with Crippen molar-refractivity contribution in [3.63, 3.8) is 0 Å². The van der Waals surface area contributed by atoms with Crippen molar-refractivity contribution in [2.45, 2.75) is 26.7 Å². The summed E-state index contributed by atoms with van der Waals surface area (Å²) in [6.07, 6.45) is 3.20. The Labute approximate surface area is 193 Å². The Morgan fingerprint density at radius 1 is 1.20 bits per heavy atom. The highest BCUT2D eigenvalue weighted by Gasteiger charge is 2.24. The molecule has 30 heavy (non-hydrogen) atoms. The zero-order chi connectivity index (χ0) is 20.7. The van der Waals surface area contributed by atoms with Gasteiger partial charge in [-0.2, -0.15) is 0 Å². The largest absolute Gasteiger partial charge is 0.490 e. The third kappa shape index (κ3) is 6.82. The van der Waals surface area contributed by atoms with Crippen LogP contribution in [0.15, 0.2) is 46.0 Å². The number of halogens is 1. The maximum atomic E-state index is 11.6. The van der Waals surface area contributed by atoms with Gasteiger partial charge in [0.2, 0.25) is 5.91 Å². The Kier molecular flexibility index (Phi) is 8.82. The normalized spacial score (nSPS) is 13.7. The number of primary amides is 1. The van der Waals surface area contributed by atoms with Crippen molar-refractivity contribution in [3.8, 4) is 11.5 Å². The van der Waals surface area contributed by atoms with Crippen molar-refractivity contribution in [1.82, 2.24) is 5.32 Å². The number of carbonyl (C=O) groups excluding carboxylic acids is 1. The average molecular weight is 528 g/mol. The predicted octanol–water partition coefficient (Wildman–Crippen LogP) is 3.17. The van der Waals surface area contributed by atoms with E-state index in [1.807, 2.05) is 30.3 Å². The lowest BCUT2D eigenvalue weighted by molar-refractivity contribution is -0.125. The van der Waals surface area contributed by atoms with E-state index in [4.69, 9.17) is 19.6 Å². The number of fused-ring (bicyclic) bond motifs is 1. The number of anilines is 1. The van der Waals surface area contributed by atoms with Gasteiger partial charge < -0.3 is 30.3 Å². The van der Waals surface area contributed by atoms with Crippen LogP contribution in [0.5, 0.6) is 11.5 Å². The smallest absolute Gasteiger partial charge is 0.224 e. The standard InChI is InChI=1S/C21H28N4O4.HI/c1-21(2,19(22)26)14-24-20(23-9-8-16-5-3-10-27-16)25-15-6-7-17-18(13-15)29-12-4-11-28-17;/h3,5-7,10,13H,4,8-9,11-12,14H2,1-2H3,(H2,22,26)(H2,23,24,25);1H. The zero-order valence-corrected chi connectivity index (χ0v) is 19.6. The third-order valence-corrected chi connectivity index (χ3v) is 4.55. The maximum Gasteiger partial charge on any atom is 0.224 e. The molecule has 2 aromatic rings. The SMILES string of the molecule is CC(C)(CN=C(NCCc1ccco1)Nc1ccc2c(c1)OCCCO2)C(N)=O.I. The number of hydrogen-bond acceptors (Lipinski definition) is 5. The van der Waals surface area contributed by atoms with E-state index < -0.39 is 11.3 Å². The molecular weight excluding hydrogens is 499 g/mol. The van der Waals surface area contributed by atoms with Gasteiger partial charge in [-0.15, -0.1) is 24.0 Å². The summed E-state index contributed by atoms with van der Waals surface area (Å²) in [5.74, 6) is 2.45. The van der Waals surface area contributed by atoms with E-state index in [0.29, 0.717) is 37.9 Å². The molecule has 0 saturated carbocycles. The first-order valence-electron chi connectivity index (χ1n) is 9.71. The Morgan fingerprint density at radius 2 is 1.97 bits per heavy atom. The number of guanidine groups is 1. The first-order chi connectivity index (χ1) is 13.9. The van der Waals surface area contributed by atoms with Crippen LogP contribution >= 0.6 is 24.0 Å². The number of ether oxygens (including phenoxy) is 2. The molecule has 3 rings (SSSR count). The van der Waals surface area contributed by atoms with Crippen molar-refractivity contribution in [2.24, 2.45) is 16.1 Å². The van der Waals surface area contributed by atoms with E-state index in [9.17, 15) is 4.79 Å². The summed E-state index contributed by atoms with van der Waals surface area (Å²) in [4.78, 5) is 16.2. The molecule has 0 radical (unpaired) electrons. The summed E-state index contributed by atoms with van der Waals surface area (Å²) < 4.78 is 16.8. The minimum absolute atomic E-state index is 0. The van der Waals surface area contributed by atoms with Gasteiger partial charge in [-0.3, -0.25) is 9.79 Å². The monoisotopic (exact) mass is 528 g/mol. The molecule has 2 heterocycles. The molecule has 1 amide bonds. The summed E-state index contributed by atoms with van der Waals surface area (Å²) in [5, 5.41) is 6.53. The number of rotatable bonds is 7. The average Bonchev–Trinajstić information content (AvgIpc) is 3.09. The van der Waals surface area contributed by atoms with Crippen molar-refractivity contribution >= 4 is 41.5 Å². The van der Waals surface area contributed by atoms with Gasteiger partial charge in [-0.25, -0.2) is 0 Å². The highest BCUT2D eigenvalue weighted by Crippen LogP contribution is 2.32. The third-order valence-electron chi connectivity index (χ3n) is 4.55. The summed E-state index contributed by atoms with van der Waals surface area (Å²) in [6.45, 7) is 5.66. The van der Waals surface area contributed by atoms with Crippen LogP contribution in [0.3, 0.4) is 0 Å². The van der Waals surface area contributed by atoms with Gasteiger partial charge in [-0.05, 0) is 38.1 Å². The second-order valence-electron chi connectivity index (χ2n) is 7.51. The molecule has 0 aliphatic carbocycles.